The first kappa shape index (κ1) is 22.4. The second kappa shape index (κ2) is 7.71. The lowest BCUT2D eigenvalue weighted by Gasteiger charge is -2.56. The molecule has 1 aromatic heterocycles. The number of rotatable bonds is 4. The summed E-state index contributed by atoms with van der Waals surface area (Å²) in [5, 5.41) is 4.27. The molecule has 2 aliphatic heterocycles. The summed E-state index contributed by atoms with van der Waals surface area (Å²) >= 11 is 0. The van der Waals surface area contributed by atoms with Gasteiger partial charge < -0.3 is 20.7 Å². The van der Waals surface area contributed by atoms with Crippen LogP contribution in [0.2, 0.25) is 0 Å². The number of nitrogens with two attached hydrogens (primary N) is 1. The maximum atomic E-state index is 13.4. The van der Waals surface area contributed by atoms with E-state index in [-0.39, 0.29) is 5.69 Å². The standard InChI is InChI=1S/C26H28F3N5O/c1-14(16-6-17(26(27,28)29)8-18(30)7-16)31-24-21-9-22(34-10-25(11-34)12-35-13-25)19-4-3-5-20(19)23(21)32-15(2)33-24/h6-9,14H,3-5,10-13,30H2,1-2H3,(H,31,32,33). The topological polar surface area (TPSA) is 76.3 Å². The van der Waals surface area contributed by atoms with E-state index in [4.69, 9.17) is 15.5 Å². The van der Waals surface area contributed by atoms with Crippen LogP contribution in [-0.2, 0) is 23.8 Å². The monoisotopic (exact) mass is 483 g/mol. The number of halogens is 3. The molecular formula is C26H28F3N5O. The van der Waals surface area contributed by atoms with E-state index in [0.717, 1.165) is 68.6 Å². The number of benzene rings is 2. The van der Waals surface area contributed by atoms with Crippen molar-refractivity contribution < 1.29 is 17.9 Å². The highest BCUT2D eigenvalue weighted by Crippen LogP contribution is 2.46. The molecule has 9 heteroatoms. The third-order valence-corrected chi connectivity index (χ3v) is 7.52. The molecule has 1 aliphatic carbocycles. The van der Waals surface area contributed by atoms with Crippen molar-refractivity contribution in [2.45, 2.75) is 45.3 Å². The quantitative estimate of drug-likeness (QED) is 0.507. The summed E-state index contributed by atoms with van der Waals surface area (Å²) in [6.45, 7) is 7.30. The van der Waals surface area contributed by atoms with Gasteiger partial charge in [0.1, 0.15) is 11.6 Å². The number of hydrogen-bond acceptors (Lipinski definition) is 6. The van der Waals surface area contributed by atoms with Gasteiger partial charge >= 0.3 is 6.18 Å². The number of nitrogens with zero attached hydrogens (tertiary/aromatic N) is 3. The van der Waals surface area contributed by atoms with Crippen molar-refractivity contribution in [2.24, 2.45) is 5.41 Å². The van der Waals surface area contributed by atoms with Gasteiger partial charge in [-0.15, -0.1) is 0 Å². The highest BCUT2D eigenvalue weighted by Gasteiger charge is 2.49. The maximum absolute atomic E-state index is 13.4. The molecule has 2 fully saturated rings. The Morgan fingerprint density at radius 2 is 1.83 bits per heavy atom. The molecule has 35 heavy (non-hydrogen) atoms. The molecule has 2 saturated heterocycles. The largest absolute Gasteiger partial charge is 0.416 e. The van der Waals surface area contributed by atoms with Gasteiger partial charge in [-0.1, -0.05) is 0 Å². The van der Waals surface area contributed by atoms with Crippen LogP contribution in [0.4, 0.5) is 30.4 Å². The van der Waals surface area contributed by atoms with Crippen molar-refractivity contribution in [2.75, 3.05) is 42.3 Å². The minimum atomic E-state index is -4.46. The van der Waals surface area contributed by atoms with E-state index in [0.29, 0.717) is 22.6 Å². The Bertz CT molecular complexity index is 1330. The van der Waals surface area contributed by atoms with Gasteiger partial charge in [0.15, 0.2) is 0 Å². The predicted molar refractivity (Wildman–Crippen MR) is 130 cm³/mol. The van der Waals surface area contributed by atoms with Crippen LogP contribution in [0.3, 0.4) is 0 Å². The molecule has 0 amide bonds. The molecule has 3 heterocycles. The molecule has 3 aliphatic rings. The molecule has 1 unspecified atom stereocenters. The SMILES string of the molecule is Cc1nc(NC(C)c2cc(N)cc(C(F)(F)F)c2)c2cc(N3CC4(COC4)C3)c3c(c2n1)CCC3. The number of alkyl halides is 3. The molecule has 6 nitrogen and oxygen atoms in total. The first-order valence-electron chi connectivity index (χ1n) is 12.0. The number of fused-ring (bicyclic) bond motifs is 3. The Balaban J connectivity index is 1.39. The smallest absolute Gasteiger partial charge is 0.399 e. The molecule has 1 spiro atoms. The van der Waals surface area contributed by atoms with Crippen LogP contribution in [0.25, 0.3) is 10.9 Å². The number of ether oxygens (including phenoxy) is 1. The van der Waals surface area contributed by atoms with E-state index in [9.17, 15) is 13.2 Å². The summed E-state index contributed by atoms with van der Waals surface area (Å²) in [4.78, 5) is 11.9. The Morgan fingerprint density at radius 3 is 2.51 bits per heavy atom. The second-order valence-corrected chi connectivity index (χ2v) is 10.3. The van der Waals surface area contributed by atoms with Crippen molar-refractivity contribution in [1.82, 2.24) is 9.97 Å². The van der Waals surface area contributed by atoms with E-state index in [1.165, 1.54) is 16.8 Å². The minimum Gasteiger partial charge on any atom is -0.399 e. The third kappa shape index (κ3) is 3.76. The first-order chi connectivity index (χ1) is 16.6. The van der Waals surface area contributed by atoms with Gasteiger partial charge in [-0.25, -0.2) is 9.97 Å². The summed E-state index contributed by atoms with van der Waals surface area (Å²) < 4.78 is 45.5. The second-order valence-electron chi connectivity index (χ2n) is 10.3. The number of nitrogens with one attached hydrogen (secondary N) is 1. The summed E-state index contributed by atoms with van der Waals surface area (Å²) in [5.41, 5.74) is 10.7. The Morgan fingerprint density at radius 1 is 1.09 bits per heavy atom. The number of nitrogen functional groups attached to an aromatic ring is 1. The van der Waals surface area contributed by atoms with Gasteiger partial charge in [0.25, 0.3) is 0 Å². The number of hydrogen-bond donors (Lipinski definition) is 2. The molecule has 3 aromatic rings. The first-order valence-corrected chi connectivity index (χ1v) is 12.0. The fraction of sp³-hybridized carbons (Fsp3) is 0.462. The molecule has 6 rings (SSSR count). The van der Waals surface area contributed by atoms with Gasteiger partial charge in [-0.2, -0.15) is 13.2 Å². The maximum Gasteiger partial charge on any atom is 0.416 e. The van der Waals surface area contributed by atoms with Crippen LogP contribution in [0, 0.1) is 12.3 Å². The number of anilines is 3. The van der Waals surface area contributed by atoms with E-state index in [1.54, 1.807) is 6.07 Å². The minimum absolute atomic E-state index is 0.0824. The zero-order chi connectivity index (χ0) is 24.5. The van der Waals surface area contributed by atoms with Crippen LogP contribution in [0.15, 0.2) is 24.3 Å². The van der Waals surface area contributed by atoms with Gasteiger partial charge in [-0.05, 0) is 74.1 Å². The highest BCUT2D eigenvalue weighted by molar-refractivity contribution is 5.96. The summed E-state index contributed by atoms with van der Waals surface area (Å²) in [6.07, 6.45) is -1.36. The fourth-order valence-corrected chi connectivity index (χ4v) is 5.74. The molecular weight excluding hydrogens is 455 g/mol. The molecule has 0 bridgehead atoms. The Labute approximate surface area is 201 Å². The lowest BCUT2D eigenvalue weighted by Crippen LogP contribution is -2.66. The normalized spacial score (nSPS) is 19.4. The van der Waals surface area contributed by atoms with Crippen LogP contribution in [0.1, 0.15) is 47.5 Å². The van der Waals surface area contributed by atoms with E-state index >= 15 is 0 Å². The summed E-state index contributed by atoms with van der Waals surface area (Å²) in [6, 6.07) is 5.41. The van der Waals surface area contributed by atoms with E-state index in [2.05, 4.69) is 21.3 Å². The Kier molecular flexibility index (Phi) is 4.94. The average Bonchev–Trinajstić information content (AvgIpc) is 3.21. The average molecular weight is 484 g/mol. The van der Waals surface area contributed by atoms with Crippen LogP contribution in [0.5, 0.6) is 0 Å². The van der Waals surface area contributed by atoms with Crippen molar-refractivity contribution in [3.8, 4) is 0 Å². The molecule has 1 atom stereocenters. The lowest BCUT2D eigenvalue weighted by molar-refractivity contribution is -0.137. The van der Waals surface area contributed by atoms with Crippen molar-refractivity contribution in [3.63, 3.8) is 0 Å². The van der Waals surface area contributed by atoms with Crippen molar-refractivity contribution in [1.29, 1.82) is 0 Å². The van der Waals surface area contributed by atoms with Crippen molar-refractivity contribution >= 4 is 28.1 Å². The zero-order valence-corrected chi connectivity index (χ0v) is 19.8. The number of aryl methyl sites for hydroxylation is 2. The van der Waals surface area contributed by atoms with Crippen LogP contribution >= 0.6 is 0 Å². The third-order valence-electron chi connectivity index (χ3n) is 7.52. The zero-order valence-electron chi connectivity index (χ0n) is 19.8. The summed E-state index contributed by atoms with van der Waals surface area (Å²) in [5.74, 6) is 1.27. The molecule has 0 saturated carbocycles. The molecule has 3 N–H and O–H groups in total. The molecule has 0 radical (unpaired) electrons. The highest BCUT2D eigenvalue weighted by atomic mass is 19.4. The fourth-order valence-electron chi connectivity index (χ4n) is 5.74. The van der Waals surface area contributed by atoms with E-state index < -0.39 is 17.8 Å². The van der Waals surface area contributed by atoms with Gasteiger partial charge in [0, 0.05) is 29.9 Å². The molecule has 2 aromatic carbocycles. The lowest BCUT2D eigenvalue weighted by atomic mass is 9.77. The van der Waals surface area contributed by atoms with Crippen LogP contribution < -0.4 is 16.0 Å². The summed E-state index contributed by atoms with van der Waals surface area (Å²) in [7, 11) is 0. The van der Waals surface area contributed by atoms with E-state index in [1.807, 2.05) is 13.8 Å². The van der Waals surface area contributed by atoms with Gasteiger partial charge in [0.05, 0.1) is 35.8 Å². The van der Waals surface area contributed by atoms with Crippen molar-refractivity contribution in [3.05, 3.63) is 52.3 Å². The Hall–Kier alpha value is -3.07. The molecule has 184 valence electrons. The van der Waals surface area contributed by atoms with Gasteiger partial charge in [-0.3, -0.25) is 0 Å². The van der Waals surface area contributed by atoms with Crippen LogP contribution in [-0.4, -0.2) is 36.3 Å². The van der Waals surface area contributed by atoms with Gasteiger partial charge in [0.2, 0.25) is 0 Å². The predicted octanol–water partition coefficient (Wildman–Crippen LogP) is 5.04. The number of aromatic nitrogens is 2.